The van der Waals surface area contributed by atoms with E-state index in [0.29, 0.717) is 12.0 Å². The molecule has 0 aromatic heterocycles. The molecule has 130 valence electrons. The molecule has 8 nitrogen and oxygen atoms in total. The van der Waals surface area contributed by atoms with E-state index in [1.54, 1.807) is 20.0 Å². The fourth-order valence-corrected chi connectivity index (χ4v) is 1.87. The lowest BCUT2D eigenvalue weighted by molar-refractivity contribution is -0.140. The van der Waals surface area contributed by atoms with Gasteiger partial charge in [0.1, 0.15) is 6.54 Å². The number of hydrogen-bond donors (Lipinski definition) is 2. The van der Waals surface area contributed by atoms with Crippen LogP contribution in [0.25, 0.3) is 0 Å². The number of nitrogens with zero attached hydrogens (tertiary/aromatic N) is 1. The van der Waals surface area contributed by atoms with Crippen molar-refractivity contribution in [2.24, 2.45) is 5.92 Å². The number of carbonyl (C=O) groups is 4. The van der Waals surface area contributed by atoms with Gasteiger partial charge in [-0.25, -0.2) is 0 Å². The number of carbonyl (C=O) groups excluding carboxylic acids is 4. The van der Waals surface area contributed by atoms with E-state index in [1.165, 1.54) is 12.0 Å². The maximum atomic E-state index is 12.0. The number of likely N-dealkylation sites (N-methyl/N-ethyl adjacent to an activating group) is 1. The molecular formula is C15H25N3O5. The third-order valence-corrected chi connectivity index (χ3v) is 3.26. The van der Waals surface area contributed by atoms with E-state index in [9.17, 15) is 19.2 Å². The minimum absolute atomic E-state index is 0.0588. The summed E-state index contributed by atoms with van der Waals surface area (Å²) in [5.74, 6) is -1.16. The average Bonchev–Trinajstić information content (AvgIpc) is 2.53. The Morgan fingerprint density at radius 2 is 1.83 bits per heavy atom. The highest BCUT2D eigenvalue weighted by molar-refractivity contribution is 5.94. The van der Waals surface area contributed by atoms with Crippen LogP contribution in [0, 0.1) is 5.92 Å². The molecule has 0 unspecified atom stereocenters. The molecule has 3 amide bonds. The van der Waals surface area contributed by atoms with Gasteiger partial charge in [0.25, 0.3) is 0 Å². The molecule has 8 heteroatoms. The monoisotopic (exact) mass is 327 g/mol. The zero-order valence-electron chi connectivity index (χ0n) is 14.2. The van der Waals surface area contributed by atoms with Gasteiger partial charge in [0.15, 0.2) is 0 Å². The van der Waals surface area contributed by atoms with Gasteiger partial charge in [-0.2, -0.15) is 0 Å². The molecule has 0 fully saturated rings. The van der Waals surface area contributed by atoms with Crippen LogP contribution in [0.5, 0.6) is 0 Å². The van der Waals surface area contributed by atoms with Crippen LogP contribution >= 0.6 is 0 Å². The summed E-state index contributed by atoms with van der Waals surface area (Å²) in [4.78, 5) is 46.7. The Bertz CT molecular complexity index is 474. The minimum atomic E-state index is -0.543. The summed E-state index contributed by atoms with van der Waals surface area (Å²) in [6.45, 7) is 5.11. The SMILES string of the molecule is COC(=O)CNC(=O)C(C)=C[C@H](C(C)C)N(C)C(=O)CNC=O. The number of esters is 1. The Morgan fingerprint density at radius 1 is 1.22 bits per heavy atom. The van der Waals surface area contributed by atoms with Crippen LogP contribution < -0.4 is 10.6 Å². The second-order valence-corrected chi connectivity index (χ2v) is 5.35. The molecule has 0 aliphatic rings. The summed E-state index contributed by atoms with van der Waals surface area (Å²) in [6.07, 6.45) is 2.12. The van der Waals surface area contributed by atoms with Gasteiger partial charge in [-0.1, -0.05) is 19.9 Å². The zero-order valence-corrected chi connectivity index (χ0v) is 14.2. The molecule has 0 aromatic carbocycles. The van der Waals surface area contributed by atoms with Gasteiger partial charge >= 0.3 is 5.97 Å². The van der Waals surface area contributed by atoms with E-state index in [4.69, 9.17) is 0 Å². The molecule has 0 saturated heterocycles. The first kappa shape index (κ1) is 20.6. The molecule has 0 heterocycles. The van der Waals surface area contributed by atoms with E-state index in [0.717, 1.165) is 0 Å². The maximum Gasteiger partial charge on any atom is 0.325 e. The van der Waals surface area contributed by atoms with Crippen molar-refractivity contribution in [3.8, 4) is 0 Å². The van der Waals surface area contributed by atoms with Gasteiger partial charge in [-0.3, -0.25) is 19.2 Å². The van der Waals surface area contributed by atoms with Crippen molar-refractivity contribution in [1.29, 1.82) is 0 Å². The number of rotatable bonds is 9. The molecule has 0 aromatic rings. The summed E-state index contributed by atoms with van der Waals surface area (Å²) in [7, 11) is 2.84. The number of methoxy groups -OCH3 is 1. The highest BCUT2D eigenvalue weighted by Gasteiger charge is 2.22. The number of amides is 3. The Hall–Kier alpha value is -2.38. The second-order valence-electron chi connectivity index (χ2n) is 5.35. The smallest absolute Gasteiger partial charge is 0.325 e. The lowest BCUT2D eigenvalue weighted by atomic mass is 10.00. The van der Waals surface area contributed by atoms with Crippen LogP contribution in [-0.2, 0) is 23.9 Å². The normalized spacial score (nSPS) is 12.3. The number of ether oxygens (including phenoxy) is 1. The van der Waals surface area contributed by atoms with Gasteiger partial charge < -0.3 is 20.3 Å². The van der Waals surface area contributed by atoms with Gasteiger partial charge in [0.05, 0.1) is 19.7 Å². The third kappa shape index (κ3) is 7.44. The van der Waals surface area contributed by atoms with Crippen molar-refractivity contribution < 1.29 is 23.9 Å². The summed E-state index contributed by atoms with van der Waals surface area (Å²) < 4.78 is 4.45. The van der Waals surface area contributed by atoms with Crippen LogP contribution in [0.4, 0.5) is 0 Å². The predicted molar refractivity (Wildman–Crippen MR) is 84.2 cm³/mol. The quantitative estimate of drug-likeness (QED) is 0.336. The van der Waals surface area contributed by atoms with Crippen molar-refractivity contribution in [3.05, 3.63) is 11.6 Å². The standard InChI is InChI=1S/C15H25N3O5/c1-10(2)12(18(4)13(20)7-16-9-19)6-11(3)15(22)17-8-14(21)23-5/h6,9-10,12H,7-8H2,1-5H3,(H,16,19)(H,17,22)/t12-/m1/s1. The Labute approximate surface area is 136 Å². The summed E-state index contributed by atoms with van der Waals surface area (Å²) in [5.41, 5.74) is 0.385. The minimum Gasteiger partial charge on any atom is -0.468 e. The van der Waals surface area contributed by atoms with Crippen molar-refractivity contribution in [1.82, 2.24) is 15.5 Å². The average molecular weight is 327 g/mol. The zero-order chi connectivity index (χ0) is 18.0. The molecule has 2 N–H and O–H groups in total. The molecule has 0 radical (unpaired) electrons. The number of hydrogen-bond acceptors (Lipinski definition) is 5. The van der Waals surface area contributed by atoms with E-state index in [2.05, 4.69) is 15.4 Å². The Kier molecular flexibility index (Phi) is 9.29. The molecular weight excluding hydrogens is 302 g/mol. The highest BCUT2D eigenvalue weighted by Crippen LogP contribution is 2.13. The van der Waals surface area contributed by atoms with Crippen LogP contribution in [0.2, 0.25) is 0 Å². The first-order chi connectivity index (χ1) is 10.7. The van der Waals surface area contributed by atoms with Crippen molar-refractivity contribution in [2.75, 3.05) is 27.2 Å². The lowest BCUT2D eigenvalue weighted by Crippen LogP contribution is -2.43. The molecule has 0 rings (SSSR count). The van der Waals surface area contributed by atoms with Gasteiger partial charge in [0, 0.05) is 12.6 Å². The summed E-state index contributed by atoms with van der Waals surface area (Å²) >= 11 is 0. The molecule has 0 saturated carbocycles. The second kappa shape index (κ2) is 10.4. The van der Waals surface area contributed by atoms with E-state index < -0.39 is 11.9 Å². The van der Waals surface area contributed by atoms with E-state index >= 15 is 0 Å². The van der Waals surface area contributed by atoms with Crippen molar-refractivity contribution in [3.63, 3.8) is 0 Å². The van der Waals surface area contributed by atoms with E-state index in [-0.39, 0.29) is 31.0 Å². The van der Waals surface area contributed by atoms with Crippen molar-refractivity contribution in [2.45, 2.75) is 26.8 Å². The fourth-order valence-electron chi connectivity index (χ4n) is 1.87. The number of nitrogens with one attached hydrogen (secondary N) is 2. The van der Waals surface area contributed by atoms with Crippen LogP contribution in [-0.4, -0.2) is 62.4 Å². The van der Waals surface area contributed by atoms with Crippen LogP contribution in [0.1, 0.15) is 20.8 Å². The molecule has 0 aliphatic heterocycles. The van der Waals surface area contributed by atoms with Gasteiger partial charge in [-0.15, -0.1) is 0 Å². The molecule has 0 bridgehead atoms. The molecule has 0 spiro atoms. The van der Waals surface area contributed by atoms with Gasteiger partial charge in [0.2, 0.25) is 18.2 Å². The van der Waals surface area contributed by atoms with Crippen LogP contribution in [0.3, 0.4) is 0 Å². The topological polar surface area (TPSA) is 105 Å². The summed E-state index contributed by atoms with van der Waals surface area (Å²) in [6, 6.07) is -0.320. The fraction of sp³-hybridized carbons (Fsp3) is 0.600. The van der Waals surface area contributed by atoms with Crippen LogP contribution in [0.15, 0.2) is 11.6 Å². The first-order valence-electron chi connectivity index (χ1n) is 7.20. The predicted octanol–water partition coefficient (Wildman–Crippen LogP) is -0.549. The molecule has 23 heavy (non-hydrogen) atoms. The first-order valence-corrected chi connectivity index (χ1v) is 7.20. The van der Waals surface area contributed by atoms with E-state index in [1.807, 2.05) is 13.8 Å². The van der Waals surface area contributed by atoms with Gasteiger partial charge in [-0.05, 0) is 12.8 Å². The largest absolute Gasteiger partial charge is 0.468 e. The maximum absolute atomic E-state index is 12.0. The van der Waals surface area contributed by atoms with Crippen molar-refractivity contribution >= 4 is 24.2 Å². The summed E-state index contributed by atoms with van der Waals surface area (Å²) in [5, 5.41) is 4.75. The third-order valence-electron chi connectivity index (χ3n) is 3.26. The molecule has 1 atom stereocenters. The highest BCUT2D eigenvalue weighted by atomic mass is 16.5. The Balaban J connectivity index is 4.94. The molecule has 0 aliphatic carbocycles. The Morgan fingerprint density at radius 3 is 2.30 bits per heavy atom. The lowest BCUT2D eigenvalue weighted by Gasteiger charge is -2.29.